The molecule has 60 valence electrons. The lowest BCUT2D eigenvalue weighted by Crippen LogP contribution is -1.93. The smallest absolute Gasteiger partial charge is 0.138 e. The summed E-state index contributed by atoms with van der Waals surface area (Å²) in [4.78, 5) is 0. The molecular weight excluding hydrogens is 142 g/mol. The molecule has 0 spiro atoms. The van der Waals surface area contributed by atoms with Crippen molar-refractivity contribution in [2.24, 2.45) is 0 Å². The molecule has 0 bridgehead atoms. The molecule has 1 atom stereocenters. The van der Waals surface area contributed by atoms with Gasteiger partial charge in [0, 0.05) is 0 Å². The highest BCUT2D eigenvalue weighted by molar-refractivity contribution is 5.53. The number of aliphatic hydroxyl groups is 1. The topological polar surface area (TPSA) is 66.5 Å². The molecule has 1 rings (SSSR count). The SMILES string of the molecule is CC(O)c1ccc(O)c(N)c1. The molecule has 4 N–H and O–H groups in total. The first-order valence-corrected chi connectivity index (χ1v) is 3.37. The summed E-state index contributed by atoms with van der Waals surface area (Å²) in [7, 11) is 0. The molecule has 0 aliphatic carbocycles. The first kappa shape index (κ1) is 7.88. The van der Waals surface area contributed by atoms with Crippen LogP contribution in [0, 0.1) is 0 Å². The normalized spacial score (nSPS) is 12.9. The Kier molecular flexibility index (Phi) is 2.01. The van der Waals surface area contributed by atoms with E-state index in [1.54, 1.807) is 19.1 Å². The summed E-state index contributed by atoms with van der Waals surface area (Å²) in [6.45, 7) is 1.64. The Bertz CT molecular complexity index is 258. The van der Waals surface area contributed by atoms with Gasteiger partial charge in [0.05, 0.1) is 11.8 Å². The van der Waals surface area contributed by atoms with Gasteiger partial charge in [-0.3, -0.25) is 0 Å². The highest BCUT2D eigenvalue weighted by atomic mass is 16.3. The second-order valence-corrected chi connectivity index (χ2v) is 2.49. The number of benzene rings is 1. The maximum absolute atomic E-state index is 9.10. The second-order valence-electron chi connectivity index (χ2n) is 2.49. The number of aliphatic hydroxyl groups excluding tert-OH is 1. The fourth-order valence-corrected chi connectivity index (χ4v) is 0.833. The van der Waals surface area contributed by atoms with Gasteiger partial charge in [-0.05, 0) is 24.6 Å². The summed E-state index contributed by atoms with van der Waals surface area (Å²) in [5.41, 5.74) is 6.40. The van der Waals surface area contributed by atoms with Gasteiger partial charge in [-0.1, -0.05) is 6.07 Å². The van der Waals surface area contributed by atoms with Crippen LogP contribution in [0.5, 0.6) is 5.75 Å². The van der Waals surface area contributed by atoms with Crippen LogP contribution in [0.4, 0.5) is 5.69 Å². The van der Waals surface area contributed by atoms with Crippen LogP contribution in [-0.4, -0.2) is 10.2 Å². The van der Waals surface area contributed by atoms with Gasteiger partial charge in [-0.25, -0.2) is 0 Å². The zero-order valence-electron chi connectivity index (χ0n) is 6.28. The van der Waals surface area contributed by atoms with Crippen molar-refractivity contribution in [1.29, 1.82) is 0 Å². The first-order valence-electron chi connectivity index (χ1n) is 3.37. The molecule has 1 aromatic rings. The van der Waals surface area contributed by atoms with E-state index in [1.165, 1.54) is 6.07 Å². The molecule has 1 aromatic carbocycles. The quantitative estimate of drug-likeness (QED) is 0.417. The standard InChI is InChI=1S/C8H11NO2/c1-5(10)6-2-3-8(11)7(9)4-6/h2-5,10-11H,9H2,1H3. The van der Waals surface area contributed by atoms with E-state index in [1.807, 2.05) is 0 Å². The van der Waals surface area contributed by atoms with Crippen molar-refractivity contribution >= 4 is 5.69 Å². The molecule has 0 saturated heterocycles. The molecule has 0 aliphatic heterocycles. The van der Waals surface area contributed by atoms with Crippen LogP contribution in [0.25, 0.3) is 0 Å². The number of nitrogens with two attached hydrogens (primary N) is 1. The Morgan fingerprint density at radius 1 is 1.45 bits per heavy atom. The highest BCUT2D eigenvalue weighted by Gasteiger charge is 2.02. The summed E-state index contributed by atoms with van der Waals surface area (Å²) in [6, 6.07) is 4.66. The number of aromatic hydroxyl groups is 1. The van der Waals surface area contributed by atoms with Crippen LogP contribution in [0.3, 0.4) is 0 Å². The fourth-order valence-electron chi connectivity index (χ4n) is 0.833. The van der Waals surface area contributed by atoms with Crippen molar-refractivity contribution in [3.63, 3.8) is 0 Å². The second kappa shape index (κ2) is 2.80. The zero-order chi connectivity index (χ0) is 8.43. The van der Waals surface area contributed by atoms with E-state index in [-0.39, 0.29) is 5.75 Å². The van der Waals surface area contributed by atoms with Crippen LogP contribution >= 0.6 is 0 Å². The first-order chi connectivity index (χ1) is 5.11. The van der Waals surface area contributed by atoms with Gasteiger partial charge in [0.1, 0.15) is 5.75 Å². The third-order valence-corrected chi connectivity index (χ3v) is 1.53. The fraction of sp³-hybridized carbons (Fsp3) is 0.250. The minimum absolute atomic E-state index is 0.0504. The number of nitrogen functional groups attached to an aromatic ring is 1. The maximum atomic E-state index is 9.10. The molecule has 0 radical (unpaired) electrons. The van der Waals surface area contributed by atoms with Gasteiger partial charge in [-0.15, -0.1) is 0 Å². The van der Waals surface area contributed by atoms with Crippen LogP contribution < -0.4 is 5.73 Å². The van der Waals surface area contributed by atoms with Crippen molar-refractivity contribution in [1.82, 2.24) is 0 Å². The lowest BCUT2D eigenvalue weighted by molar-refractivity contribution is 0.199. The van der Waals surface area contributed by atoms with Crippen molar-refractivity contribution in [2.45, 2.75) is 13.0 Å². The molecule has 0 fully saturated rings. The Morgan fingerprint density at radius 2 is 2.09 bits per heavy atom. The third-order valence-electron chi connectivity index (χ3n) is 1.53. The summed E-state index contributed by atoms with van der Waals surface area (Å²) in [6.07, 6.45) is -0.544. The van der Waals surface area contributed by atoms with Crippen molar-refractivity contribution in [3.05, 3.63) is 23.8 Å². The monoisotopic (exact) mass is 153 g/mol. The Hall–Kier alpha value is -1.22. The highest BCUT2D eigenvalue weighted by Crippen LogP contribution is 2.23. The maximum Gasteiger partial charge on any atom is 0.138 e. The average molecular weight is 153 g/mol. The van der Waals surface area contributed by atoms with Gasteiger partial charge >= 0.3 is 0 Å². The molecule has 0 aliphatic rings. The number of rotatable bonds is 1. The van der Waals surface area contributed by atoms with Gasteiger partial charge in [0.2, 0.25) is 0 Å². The Balaban J connectivity index is 3.05. The summed E-state index contributed by atoms with van der Waals surface area (Å²) < 4.78 is 0. The van der Waals surface area contributed by atoms with Crippen molar-refractivity contribution in [3.8, 4) is 5.75 Å². The largest absolute Gasteiger partial charge is 0.506 e. The Labute approximate surface area is 65.1 Å². The Morgan fingerprint density at radius 3 is 2.55 bits per heavy atom. The lowest BCUT2D eigenvalue weighted by Gasteiger charge is -2.05. The summed E-state index contributed by atoms with van der Waals surface area (Å²) in [5, 5.41) is 18.1. The molecule has 0 aromatic heterocycles. The minimum Gasteiger partial charge on any atom is -0.506 e. The molecule has 0 heterocycles. The number of phenolic OH excluding ortho intramolecular Hbond substituents is 1. The molecule has 3 nitrogen and oxygen atoms in total. The molecule has 1 unspecified atom stereocenters. The molecule has 0 amide bonds. The van der Waals surface area contributed by atoms with Gasteiger partial charge in [0.15, 0.2) is 0 Å². The van der Waals surface area contributed by atoms with E-state index in [0.717, 1.165) is 0 Å². The van der Waals surface area contributed by atoms with Crippen LogP contribution in [0.2, 0.25) is 0 Å². The predicted octanol–water partition coefficient (Wildman–Crippen LogP) is 1.03. The van der Waals surface area contributed by atoms with E-state index in [9.17, 15) is 0 Å². The lowest BCUT2D eigenvalue weighted by atomic mass is 10.1. The summed E-state index contributed by atoms with van der Waals surface area (Å²) in [5.74, 6) is 0.0504. The van der Waals surface area contributed by atoms with Gasteiger partial charge < -0.3 is 15.9 Å². The number of hydrogen-bond donors (Lipinski definition) is 3. The minimum atomic E-state index is -0.544. The third kappa shape index (κ3) is 1.62. The van der Waals surface area contributed by atoms with Gasteiger partial charge in [-0.2, -0.15) is 0 Å². The summed E-state index contributed by atoms with van der Waals surface area (Å²) >= 11 is 0. The van der Waals surface area contributed by atoms with E-state index >= 15 is 0 Å². The molecule has 11 heavy (non-hydrogen) atoms. The number of anilines is 1. The van der Waals surface area contributed by atoms with Crippen molar-refractivity contribution in [2.75, 3.05) is 5.73 Å². The molecular formula is C8H11NO2. The van der Waals surface area contributed by atoms with E-state index in [4.69, 9.17) is 15.9 Å². The number of phenols is 1. The van der Waals surface area contributed by atoms with Crippen molar-refractivity contribution < 1.29 is 10.2 Å². The molecule has 0 saturated carbocycles. The van der Waals surface area contributed by atoms with Crippen LogP contribution in [-0.2, 0) is 0 Å². The van der Waals surface area contributed by atoms with E-state index < -0.39 is 6.10 Å². The van der Waals surface area contributed by atoms with Crippen LogP contribution in [0.15, 0.2) is 18.2 Å². The predicted molar refractivity (Wildman–Crippen MR) is 43.2 cm³/mol. The zero-order valence-corrected chi connectivity index (χ0v) is 6.28. The van der Waals surface area contributed by atoms with Crippen LogP contribution in [0.1, 0.15) is 18.6 Å². The van der Waals surface area contributed by atoms with Gasteiger partial charge in [0.25, 0.3) is 0 Å². The van der Waals surface area contributed by atoms with E-state index in [2.05, 4.69) is 0 Å². The molecule has 3 heteroatoms. The van der Waals surface area contributed by atoms with E-state index in [0.29, 0.717) is 11.3 Å². The number of hydrogen-bond acceptors (Lipinski definition) is 3. The average Bonchev–Trinajstić information content (AvgIpc) is 1.94.